The van der Waals surface area contributed by atoms with Crippen molar-refractivity contribution in [2.45, 2.75) is 12.5 Å². The van der Waals surface area contributed by atoms with Gasteiger partial charge in [-0.15, -0.1) is 0 Å². The van der Waals surface area contributed by atoms with E-state index < -0.39 is 17.9 Å². The van der Waals surface area contributed by atoms with Crippen LogP contribution in [0.1, 0.15) is 6.42 Å². The molecule has 2 heterocycles. The summed E-state index contributed by atoms with van der Waals surface area (Å²) in [5, 5.41) is 20.8. The fourth-order valence-corrected chi connectivity index (χ4v) is 2.73. The van der Waals surface area contributed by atoms with Crippen LogP contribution in [0, 0.1) is 5.92 Å². The Labute approximate surface area is 123 Å². The molecule has 21 heavy (non-hydrogen) atoms. The third kappa shape index (κ3) is 4.29. The smallest absolute Gasteiger partial charge is 0.317 e. The van der Waals surface area contributed by atoms with Gasteiger partial charge in [0.2, 0.25) is 0 Å². The third-order valence-corrected chi connectivity index (χ3v) is 4.00. The van der Waals surface area contributed by atoms with E-state index in [2.05, 4.69) is 10.2 Å². The van der Waals surface area contributed by atoms with Crippen LogP contribution in [0.3, 0.4) is 0 Å². The molecule has 120 valence electrons. The predicted molar refractivity (Wildman–Crippen MR) is 74.0 cm³/mol. The average Bonchev–Trinajstić information content (AvgIpc) is 2.77. The number of ether oxygens (including phenoxy) is 1. The van der Waals surface area contributed by atoms with Gasteiger partial charge in [-0.25, -0.2) is 4.79 Å². The summed E-state index contributed by atoms with van der Waals surface area (Å²) >= 11 is 0. The molecule has 2 saturated heterocycles. The summed E-state index contributed by atoms with van der Waals surface area (Å²) in [6.07, 6.45) is 0.844. The van der Waals surface area contributed by atoms with Crippen molar-refractivity contribution in [2.24, 2.45) is 5.92 Å². The van der Waals surface area contributed by atoms with Crippen LogP contribution in [-0.2, 0) is 9.53 Å². The van der Waals surface area contributed by atoms with Crippen molar-refractivity contribution in [3.63, 3.8) is 0 Å². The highest BCUT2D eigenvalue weighted by Gasteiger charge is 2.36. The molecule has 2 amide bonds. The van der Waals surface area contributed by atoms with Gasteiger partial charge < -0.3 is 25.2 Å². The molecule has 8 heteroatoms. The first kappa shape index (κ1) is 16.0. The number of aliphatic hydroxyl groups is 1. The maximum absolute atomic E-state index is 12.2. The molecule has 0 bridgehead atoms. The molecule has 2 rings (SSSR count). The lowest BCUT2D eigenvalue weighted by Gasteiger charge is -2.24. The SMILES string of the molecule is O=C(O)C1COCC1NC(=O)N1CCCN(CCO)CC1. The summed E-state index contributed by atoms with van der Waals surface area (Å²) in [6.45, 7) is 3.92. The highest BCUT2D eigenvalue weighted by molar-refractivity contribution is 5.77. The Morgan fingerprint density at radius 2 is 2.00 bits per heavy atom. The van der Waals surface area contributed by atoms with Crippen LogP contribution in [0.4, 0.5) is 4.79 Å². The number of rotatable bonds is 4. The van der Waals surface area contributed by atoms with Crippen molar-refractivity contribution in [1.82, 2.24) is 15.1 Å². The van der Waals surface area contributed by atoms with Crippen LogP contribution in [0.25, 0.3) is 0 Å². The number of urea groups is 1. The number of β-amino-alcohol motifs (C(OH)–C–C–N with tert-alkyl or cyclic N) is 1. The summed E-state index contributed by atoms with van der Waals surface area (Å²) < 4.78 is 5.14. The number of nitrogens with one attached hydrogen (secondary N) is 1. The highest BCUT2D eigenvalue weighted by atomic mass is 16.5. The van der Waals surface area contributed by atoms with Gasteiger partial charge in [-0.2, -0.15) is 0 Å². The lowest BCUT2D eigenvalue weighted by Crippen LogP contribution is -2.49. The fourth-order valence-electron chi connectivity index (χ4n) is 2.73. The van der Waals surface area contributed by atoms with Gasteiger partial charge in [-0.05, 0) is 13.0 Å². The first-order valence-corrected chi connectivity index (χ1v) is 7.31. The molecule has 0 radical (unpaired) electrons. The van der Waals surface area contributed by atoms with E-state index in [1.54, 1.807) is 4.90 Å². The number of aliphatic carboxylic acids is 1. The molecule has 3 N–H and O–H groups in total. The molecule has 2 aliphatic rings. The van der Waals surface area contributed by atoms with Crippen LogP contribution in [0.15, 0.2) is 0 Å². The zero-order chi connectivity index (χ0) is 15.2. The van der Waals surface area contributed by atoms with Crippen molar-refractivity contribution in [1.29, 1.82) is 0 Å². The Kier molecular flexibility index (Phi) is 5.77. The van der Waals surface area contributed by atoms with Crippen molar-refractivity contribution in [2.75, 3.05) is 52.5 Å². The van der Waals surface area contributed by atoms with E-state index >= 15 is 0 Å². The summed E-state index contributed by atoms with van der Waals surface area (Å²) in [4.78, 5) is 27.1. The number of hydrogen-bond acceptors (Lipinski definition) is 5. The largest absolute Gasteiger partial charge is 0.481 e. The Morgan fingerprint density at radius 3 is 2.71 bits per heavy atom. The minimum absolute atomic E-state index is 0.117. The molecule has 8 nitrogen and oxygen atoms in total. The zero-order valence-corrected chi connectivity index (χ0v) is 12.0. The second-order valence-corrected chi connectivity index (χ2v) is 5.44. The molecule has 0 aromatic rings. The van der Waals surface area contributed by atoms with E-state index in [1.807, 2.05) is 0 Å². The average molecular weight is 301 g/mol. The van der Waals surface area contributed by atoms with Crippen molar-refractivity contribution < 1.29 is 24.5 Å². The summed E-state index contributed by atoms with van der Waals surface area (Å²) in [5.41, 5.74) is 0. The first-order chi connectivity index (χ1) is 10.1. The minimum atomic E-state index is -0.942. The van der Waals surface area contributed by atoms with E-state index in [-0.39, 0.29) is 25.9 Å². The molecule has 2 aliphatic heterocycles. The Balaban J connectivity index is 1.84. The molecule has 0 spiro atoms. The normalized spacial score (nSPS) is 27.4. The molecule has 0 aliphatic carbocycles. The summed E-state index contributed by atoms with van der Waals surface area (Å²) in [7, 11) is 0. The standard InChI is InChI=1S/C13H23N3O5/c17-7-6-15-2-1-3-16(5-4-15)13(20)14-11-9-21-8-10(11)12(18)19/h10-11,17H,1-9H2,(H,14,20)(H,18,19). The van der Waals surface area contributed by atoms with Gasteiger partial charge in [0.25, 0.3) is 0 Å². The van der Waals surface area contributed by atoms with E-state index in [0.29, 0.717) is 19.6 Å². The minimum Gasteiger partial charge on any atom is -0.481 e. The first-order valence-electron chi connectivity index (χ1n) is 7.31. The number of carbonyl (C=O) groups excluding carboxylic acids is 1. The summed E-state index contributed by atoms with van der Waals surface area (Å²) in [6, 6.07) is -0.700. The van der Waals surface area contributed by atoms with Crippen LogP contribution in [0.2, 0.25) is 0 Å². The molecular formula is C13H23N3O5. The molecule has 0 aromatic carbocycles. The molecule has 0 saturated carbocycles. The summed E-state index contributed by atoms with van der Waals surface area (Å²) in [5.74, 6) is -1.62. The lowest BCUT2D eigenvalue weighted by atomic mass is 10.0. The molecule has 2 fully saturated rings. The Hall–Kier alpha value is -1.38. The molecular weight excluding hydrogens is 278 g/mol. The highest BCUT2D eigenvalue weighted by Crippen LogP contribution is 2.14. The van der Waals surface area contributed by atoms with Gasteiger partial charge in [0.1, 0.15) is 5.92 Å². The van der Waals surface area contributed by atoms with Crippen LogP contribution in [-0.4, -0.2) is 90.6 Å². The van der Waals surface area contributed by atoms with E-state index in [4.69, 9.17) is 14.9 Å². The van der Waals surface area contributed by atoms with Gasteiger partial charge in [0.15, 0.2) is 0 Å². The van der Waals surface area contributed by atoms with Gasteiger partial charge in [0, 0.05) is 26.2 Å². The quantitative estimate of drug-likeness (QED) is 0.602. The number of amides is 2. The molecule has 2 unspecified atom stereocenters. The number of nitrogens with zero attached hydrogens (tertiary/aromatic N) is 2. The van der Waals surface area contributed by atoms with E-state index in [0.717, 1.165) is 19.5 Å². The fraction of sp³-hybridized carbons (Fsp3) is 0.846. The van der Waals surface area contributed by atoms with Gasteiger partial charge in [0.05, 0.1) is 25.9 Å². The van der Waals surface area contributed by atoms with Crippen molar-refractivity contribution in [3.8, 4) is 0 Å². The number of aliphatic hydroxyl groups excluding tert-OH is 1. The Bertz CT molecular complexity index is 379. The van der Waals surface area contributed by atoms with Gasteiger partial charge in [-0.1, -0.05) is 0 Å². The number of carboxylic acid groups (broad SMARTS) is 1. The van der Waals surface area contributed by atoms with E-state index in [1.165, 1.54) is 0 Å². The second-order valence-electron chi connectivity index (χ2n) is 5.44. The van der Waals surface area contributed by atoms with Gasteiger partial charge >= 0.3 is 12.0 Å². The lowest BCUT2D eigenvalue weighted by molar-refractivity contribution is -0.142. The predicted octanol–water partition coefficient (Wildman–Crippen LogP) is -1.20. The Morgan fingerprint density at radius 1 is 1.19 bits per heavy atom. The second kappa shape index (κ2) is 7.58. The van der Waals surface area contributed by atoms with E-state index in [9.17, 15) is 9.59 Å². The van der Waals surface area contributed by atoms with Crippen LogP contribution < -0.4 is 5.32 Å². The molecule has 2 atom stereocenters. The maximum Gasteiger partial charge on any atom is 0.317 e. The van der Waals surface area contributed by atoms with Crippen LogP contribution in [0.5, 0.6) is 0 Å². The van der Waals surface area contributed by atoms with Crippen LogP contribution >= 0.6 is 0 Å². The topological polar surface area (TPSA) is 102 Å². The zero-order valence-electron chi connectivity index (χ0n) is 12.0. The number of hydrogen-bond donors (Lipinski definition) is 3. The van der Waals surface area contributed by atoms with Gasteiger partial charge in [-0.3, -0.25) is 9.69 Å². The van der Waals surface area contributed by atoms with Crippen molar-refractivity contribution in [3.05, 3.63) is 0 Å². The molecule has 0 aromatic heterocycles. The number of carbonyl (C=O) groups is 2. The monoisotopic (exact) mass is 301 g/mol. The number of carboxylic acids is 1. The third-order valence-electron chi connectivity index (χ3n) is 4.00. The maximum atomic E-state index is 12.2. The van der Waals surface area contributed by atoms with Crippen molar-refractivity contribution >= 4 is 12.0 Å².